The molecule has 1 atom stereocenters. The number of hydrogen-bond acceptors (Lipinski definition) is 5. The van der Waals surface area contributed by atoms with Crippen LogP contribution < -0.4 is 4.72 Å². The third-order valence-electron chi connectivity index (χ3n) is 5.73. The van der Waals surface area contributed by atoms with Gasteiger partial charge in [0.15, 0.2) is 11.7 Å². The molecule has 1 saturated carbocycles. The Kier molecular flexibility index (Phi) is 4.61. The standard InChI is InChI=1S/C21H22N2O3S2/c24-28(25,23-17-10-4-6-14-5-1-2-9-16(14)17)20-12-11-19(27-20)18-13-22-21(26-18)15-7-3-8-15/h1-2,5,9,11-13,15,17,23H,3-4,6-8,10H2/t17-/m0/s1. The molecule has 3 aromatic rings. The van der Waals surface area contributed by atoms with Crippen molar-refractivity contribution in [3.05, 3.63) is 59.6 Å². The predicted octanol–water partition coefficient (Wildman–Crippen LogP) is 5.03. The summed E-state index contributed by atoms with van der Waals surface area (Å²) in [7, 11) is -3.59. The number of aromatic nitrogens is 1. The molecule has 2 heterocycles. The highest BCUT2D eigenvalue weighted by Crippen LogP contribution is 2.39. The fourth-order valence-electron chi connectivity index (χ4n) is 3.96. The maximum atomic E-state index is 13.0. The second kappa shape index (κ2) is 7.13. The average molecular weight is 415 g/mol. The molecule has 0 unspecified atom stereocenters. The van der Waals surface area contributed by atoms with E-state index < -0.39 is 10.0 Å². The first-order valence-electron chi connectivity index (χ1n) is 9.76. The molecule has 2 aliphatic rings. The zero-order chi connectivity index (χ0) is 19.1. The van der Waals surface area contributed by atoms with E-state index in [0.717, 1.165) is 48.4 Å². The fraction of sp³-hybridized carbons (Fsp3) is 0.381. The molecular formula is C21H22N2O3S2. The van der Waals surface area contributed by atoms with Crippen LogP contribution in [-0.2, 0) is 16.4 Å². The number of oxazole rings is 1. The highest BCUT2D eigenvalue weighted by atomic mass is 32.2. The fourth-order valence-corrected chi connectivity index (χ4v) is 6.48. The summed E-state index contributed by atoms with van der Waals surface area (Å²) in [6.45, 7) is 0. The van der Waals surface area contributed by atoms with Crippen LogP contribution in [0.25, 0.3) is 10.6 Å². The smallest absolute Gasteiger partial charge is 0.250 e. The minimum atomic E-state index is -3.59. The van der Waals surface area contributed by atoms with Gasteiger partial charge in [0.2, 0.25) is 0 Å². The number of thiophene rings is 1. The van der Waals surface area contributed by atoms with Crippen LogP contribution in [0.4, 0.5) is 0 Å². The van der Waals surface area contributed by atoms with E-state index in [1.54, 1.807) is 18.3 Å². The number of aryl methyl sites for hydroxylation is 1. The molecule has 5 nitrogen and oxygen atoms in total. The van der Waals surface area contributed by atoms with Crippen molar-refractivity contribution < 1.29 is 12.8 Å². The zero-order valence-electron chi connectivity index (χ0n) is 15.4. The van der Waals surface area contributed by atoms with E-state index in [9.17, 15) is 8.42 Å². The number of nitrogens with one attached hydrogen (secondary N) is 1. The van der Waals surface area contributed by atoms with Crippen molar-refractivity contribution in [1.29, 1.82) is 0 Å². The van der Waals surface area contributed by atoms with Gasteiger partial charge < -0.3 is 4.42 Å². The lowest BCUT2D eigenvalue weighted by Crippen LogP contribution is -2.30. The molecule has 0 radical (unpaired) electrons. The minimum Gasteiger partial charge on any atom is -0.440 e. The Bertz CT molecular complexity index is 1100. The Morgan fingerprint density at radius 3 is 2.75 bits per heavy atom. The first kappa shape index (κ1) is 18.1. The molecule has 2 aliphatic carbocycles. The maximum absolute atomic E-state index is 13.0. The van der Waals surface area contributed by atoms with Crippen LogP contribution in [0.3, 0.4) is 0 Å². The summed E-state index contributed by atoms with van der Waals surface area (Å²) in [5, 5.41) is 0. The molecule has 28 heavy (non-hydrogen) atoms. The first-order chi connectivity index (χ1) is 13.6. The van der Waals surface area contributed by atoms with Gasteiger partial charge in [-0.1, -0.05) is 30.7 Å². The van der Waals surface area contributed by atoms with Crippen LogP contribution in [0.2, 0.25) is 0 Å². The minimum absolute atomic E-state index is 0.170. The molecule has 0 bridgehead atoms. The highest BCUT2D eigenvalue weighted by Gasteiger charge is 2.28. The monoisotopic (exact) mass is 414 g/mol. The molecule has 5 rings (SSSR count). The van der Waals surface area contributed by atoms with Gasteiger partial charge in [0, 0.05) is 12.0 Å². The Morgan fingerprint density at radius 1 is 1.07 bits per heavy atom. The van der Waals surface area contributed by atoms with Crippen LogP contribution in [0.1, 0.15) is 61.1 Å². The summed E-state index contributed by atoms with van der Waals surface area (Å²) >= 11 is 1.23. The average Bonchev–Trinajstić information content (AvgIpc) is 3.30. The van der Waals surface area contributed by atoms with E-state index in [-0.39, 0.29) is 6.04 Å². The summed E-state index contributed by atoms with van der Waals surface area (Å²) in [4.78, 5) is 5.17. The topological polar surface area (TPSA) is 72.2 Å². The highest BCUT2D eigenvalue weighted by molar-refractivity contribution is 7.91. The Morgan fingerprint density at radius 2 is 1.93 bits per heavy atom. The normalized spacial score (nSPS) is 19.9. The molecule has 1 N–H and O–H groups in total. The van der Waals surface area contributed by atoms with Crippen LogP contribution in [0.5, 0.6) is 0 Å². The molecule has 146 valence electrons. The van der Waals surface area contributed by atoms with Crippen LogP contribution in [-0.4, -0.2) is 13.4 Å². The van der Waals surface area contributed by atoms with Gasteiger partial charge in [-0.05, 0) is 55.4 Å². The van der Waals surface area contributed by atoms with E-state index in [1.165, 1.54) is 23.3 Å². The summed E-state index contributed by atoms with van der Waals surface area (Å²) in [6.07, 6.45) is 7.99. The van der Waals surface area contributed by atoms with Gasteiger partial charge in [0.1, 0.15) is 4.21 Å². The molecular weight excluding hydrogens is 392 g/mol. The third kappa shape index (κ3) is 3.32. The summed E-state index contributed by atoms with van der Waals surface area (Å²) < 4.78 is 35.1. The summed E-state index contributed by atoms with van der Waals surface area (Å²) in [6, 6.07) is 11.4. The largest absolute Gasteiger partial charge is 0.440 e. The number of nitrogens with zero attached hydrogens (tertiary/aromatic N) is 1. The summed E-state index contributed by atoms with van der Waals surface area (Å²) in [5.41, 5.74) is 2.33. The van der Waals surface area contributed by atoms with E-state index in [1.807, 2.05) is 18.2 Å². The van der Waals surface area contributed by atoms with Gasteiger partial charge in [0.05, 0.1) is 11.1 Å². The van der Waals surface area contributed by atoms with Crippen molar-refractivity contribution in [3.63, 3.8) is 0 Å². The zero-order valence-corrected chi connectivity index (χ0v) is 17.1. The number of rotatable bonds is 5. The lowest BCUT2D eigenvalue weighted by Gasteiger charge is -2.25. The lowest BCUT2D eigenvalue weighted by molar-refractivity contribution is 0.338. The van der Waals surface area contributed by atoms with Crippen molar-refractivity contribution in [2.75, 3.05) is 0 Å². The maximum Gasteiger partial charge on any atom is 0.250 e. The molecule has 2 aromatic heterocycles. The molecule has 1 fully saturated rings. The number of hydrogen-bond donors (Lipinski definition) is 1. The third-order valence-corrected chi connectivity index (χ3v) is 8.80. The number of fused-ring (bicyclic) bond motifs is 1. The van der Waals surface area contributed by atoms with E-state index >= 15 is 0 Å². The van der Waals surface area contributed by atoms with Gasteiger partial charge in [0.25, 0.3) is 10.0 Å². The summed E-state index contributed by atoms with van der Waals surface area (Å²) in [5.74, 6) is 1.84. The van der Waals surface area contributed by atoms with Crippen molar-refractivity contribution in [1.82, 2.24) is 9.71 Å². The van der Waals surface area contributed by atoms with Crippen molar-refractivity contribution in [2.24, 2.45) is 0 Å². The van der Waals surface area contributed by atoms with Gasteiger partial charge in [-0.2, -0.15) is 0 Å². The molecule has 7 heteroatoms. The van der Waals surface area contributed by atoms with Crippen molar-refractivity contribution in [2.45, 2.75) is 54.7 Å². The van der Waals surface area contributed by atoms with E-state index in [2.05, 4.69) is 15.8 Å². The second-order valence-electron chi connectivity index (χ2n) is 7.57. The molecule has 0 amide bonds. The predicted molar refractivity (Wildman–Crippen MR) is 109 cm³/mol. The van der Waals surface area contributed by atoms with Crippen molar-refractivity contribution in [3.8, 4) is 10.6 Å². The Labute approximate surface area is 168 Å². The number of benzene rings is 1. The Balaban J connectivity index is 1.37. The lowest BCUT2D eigenvalue weighted by atomic mass is 9.85. The van der Waals surface area contributed by atoms with Crippen LogP contribution in [0.15, 0.2) is 51.2 Å². The van der Waals surface area contributed by atoms with Gasteiger partial charge in [-0.25, -0.2) is 18.1 Å². The molecule has 0 aliphatic heterocycles. The van der Waals surface area contributed by atoms with Crippen molar-refractivity contribution >= 4 is 21.4 Å². The van der Waals surface area contributed by atoms with Crippen LogP contribution in [0, 0.1) is 0 Å². The van der Waals surface area contributed by atoms with Gasteiger partial charge in [-0.3, -0.25) is 0 Å². The number of sulfonamides is 1. The SMILES string of the molecule is O=S(=O)(N[C@H]1CCCc2ccccc21)c1ccc(-c2cnc(C3CCC3)o2)s1. The molecule has 1 aromatic carbocycles. The van der Waals surface area contributed by atoms with Gasteiger partial charge in [-0.15, -0.1) is 11.3 Å². The molecule has 0 saturated heterocycles. The van der Waals surface area contributed by atoms with Gasteiger partial charge >= 0.3 is 0 Å². The van der Waals surface area contributed by atoms with E-state index in [4.69, 9.17) is 4.42 Å². The second-order valence-corrected chi connectivity index (χ2v) is 10.6. The quantitative estimate of drug-likeness (QED) is 0.636. The molecule has 0 spiro atoms. The van der Waals surface area contributed by atoms with E-state index in [0.29, 0.717) is 15.9 Å². The first-order valence-corrected chi connectivity index (χ1v) is 12.1. The Hall–Kier alpha value is -1.96. The van der Waals surface area contributed by atoms with Crippen LogP contribution >= 0.6 is 11.3 Å².